The van der Waals surface area contributed by atoms with Crippen molar-refractivity contribution in [1.82, 2.24) is 0 Å². The van der Waals surface area contributed by atoms with Crippen LogP contribution < -0.4 is 15.8 Å². The number of hydrogen-bond acceptors (Lipinski definition) is 3. The van der Waals surface area contributed by atoms with Crippen LogP contribution in [0.1, 0.15) is 5.56 Å². The summed E-state index contributed by atoms with van der Waals surface area (Å²) < 4.78 is 18.8. The van der Waals surface area contributed by atoms with Gasteiger partial charge in [0.1, 0.15) is 11.6 Å². The first kappa shape index (κ1) is 13.2. The van der Waals surface area contributed by atoms with Gasteiger partial charge in [0.25, 0.3) is 0 Å². The molecule has 100 valence electrons. The molecule has 0 radical (unpaired) electrons. The smallest absolute Gasteiger partial charge is 0.148 e. The molecule has 0 aliphatic carbocycles. The van der Waals surface area contributed by atoms with Gasteiger partial charge in [0.2, 0.25) is 0 Å². The maximum atomic E-state index is 13.7. The molecule has 0 aliphatic rings. The molecule has 4 heteroatoms. The van der Waals surface area contributed by atoms with Crippen LogP contribution in [0.2, 0.25) is 0 Å². The van der Waals surface area contributed by atoms with Gasteiger partial charge in [-0.25, -0.2) is 4.39 Å². The van der Waals surface area contributed by atoms with Crippen molar-refractivity contribution < 1.29 is 9.13 Å². The second-order valence-corrected chi connectivity index (χ2v) is 4.24. The van der Waals surface area contributed by atoms with Crippen LogP contribution in [0.15, 0.2) is 42.5 Å². The average Bonchev–Trinajstić information content (AvgIpc) is 2.42. The highest BCUT2D eigenvalue weighted by molar-refractivity contribution is 5.62. The van der Waals surface area contributed by atoms with Crippen LogP contribution in [-0.2, 0) is 6.42 Å². The molecule has 0 aromatic heterocycles. The number of anilines is 2. The maximum Gasteiger partial charge on any atom is 0.148 e. The van der Waals surface area contributed by atoms with Crippen molar-refractivity contribution in [3.63, 3.8) is 0 Å². The van der Waals surface area contributed by atoms with Gasteiger partial charge in [-0.1, -0.05) is 30.3 Å². The molecular weight excluding hydrogens is 243 g/mol. The molecule has 0 saturated carbocycles. The SMILES string of the molecule is COc1cc(NCCc2ccccc2)c(F)cc1N. The van der Waals surface area contributed by atoms with Gasteiger partial charge in [-0.3, -0.25) is 0 Å². The van der Waals surface area contributed by atoms with Crippen molar-refractivity contribution >= 4 is 11.4 Å². The topological polar surface area (TPSA) is 47.3 Å². The summed E-state index contributed by atoms with van der Waals surface area (Å²) in [6.45, 7) is 0.647. The predicted octanol–water partition coefficient (Wildman–Crippen LogP) is 3.07. The first-order valence-corrected chi connectivity index (χ1v) is 6.11. The van der Waals surface area contributed by atoms with E-state index in [0.717, 1.165) is 6.42 Å². The van der Waals surface area contributed by atoms with E-state index >= 15 is 0 Å². The molecule has 19 heavy (non-hydrogen) atoms. The molecule has 2 aromatic carbocycles. The number of hydrogen-bond donors (Lipinski definition) is 2. The zero-order valence-corrected chi connectivity index (χ0v) is 10.8. The number of methoxy groups -OCH3 is 1. The summed E-state index contributed by atoms with van der Waals surface area (Å²) in [7, 11) is 1.51. The Hall–Kier alpha value is -2.23. The minimum Gasteiger partial charge on any atom is -0.495 e. The van der Waals surface area contributed by atoms with E-state index in [1.54, 1.807) is 6.07 Å². The Labute approximate surface area is 112 Å². The fraction of sp³-hybridized carbons (Fsp3) is 0.200. The lowest BCUT2D eigenvalue weighted by Gasteiger charge is -2.11. The Bertz CT molecular complexity index is 543. The monoisotopic (exact) mass is 260 g/mol. The van der Waals surface area contributed by atoms with Crippen molar-refractivity contribution in [1.29, 1.82) is 0 Å². The number of nitrogens with two attached hydrogens (primary N) is 1. The van der Waals surface area contributed by atoms with Crippen LogP contribution in [0, 0.1) is 5.82 Å². The number of halogens is 1. The second kappa shape index (κ2) is 6.09. The minimum absolute atomic E-state index is 0.300. The quantitative estimate of drug-likeness (QED) is 0.812. The molecule has 2 aromatic rings. The zero-order chi connectivity index (χ0) is 13.7. The van der Waals surface area contributed by atoms with Gasteiger partial charge in [0.15, 0.2) is 0 Å². The van der Waals surface area contributed by atoms with Crippen LogP contribution in [0.25, 0.3) is 0 Å². The molecule has 0 unspecified atom stereocenters. The van der Waals surface area contributed by atoms with Gasteiger partial charge < -0.3 is 15.8 Å². The molecule has 0 heterocycles. The van der Waals surface area contributed by atoms with Gasteiger partial charge >= 0.3 is 0 Å². The van der Waals surface area contributed by atoms with E-state index in [1.165, 1.54) is 18.7 Å². The van der Waals surface area contributed by atoms with Crippen molar-refractivity contribution in [3.05, 3.63) is 53.8 Å². The lowest BCUT2D eigenvalue weighted by Crippen LogP contribution is -2.07. The summed E-state index contributed by atoms with van der Waals surface area (Å²) in [5, 5.41) is 3.05. The highest BCUT2D eigenvalue weighted by Crippen LogP contribution is 2.28. The van der Waals surface area contributed by atoms with Crippen LogP contribution in [0.5, 0.6) is 5.75 Å². The van der Waals surface area contributed by atoms with E-state index in [2.05, 4.69) is 5.32 Å². The van der Waals surface area contributed by atoms with E-state index in [0.29, 0.717) is 23.7 Å². The fourth-order valence-electron chi connectivity index (χ4n) is 1.87. The standard InChI is InChI=1S/C15H17FN2O/c1-19-15-10-14(12(16)9-13(15)17)18-8-7-11-5-3-2-4-6-11/h2-6,9-10,18H,7-8,17H2,1H3. The lowest BCUT2D eigenvalue weighted by atomic mass is 10.1. The van der Waals surface area contributed by atoms with Gasteiger partial charge in [0.05, 0.1) is 18.5 Å². The average molecular weight is 260 g/mol. The summed E-state index contributed by atoms with van der Waals surface area (Å²) in [5.74, 6) is 0.106. The number of nitrogen functional groups attached to an aromatic ring is 1. The molecule has 2 rings (SSSR count). The highest BCUT2D eigenvalue weighted by atomic mass is 19.1. The minimum atomic E-state index is -0.369. The molecule has 0 spiro atoms. The third-order valence-corrected chi connectivity index (χ3v) is 2.89. The Morgan fingerprint density at radius 2 is 1.95 bits per heavy atom. The van der Waals surface area contributed by atoms with Crippen LogP contribution in [0.3, 0.4) is 0 Å². The van der Waals surface area contributed by atoms with Crippen molar-refractivity contribution in [3.8, 4) is 5.75 Å². The van der Waals surface area contributed by atoms with Gasteiger partial charge in [0, 0.05) is 18.7 Å². The van der Waals surface area contributed by atoms with Crippen LogP contribution >= 0.6 is 0 Å². The van der Waals surface area contributed by atoms with E-state index in [1.807, 2.05) is 30.3 Å². The summed E-state index contributed by atoms with van der Waals surface area (Å²) in [6.07, 6.45) is 0.826. The molecule has 0 fully saturated rings. The predicted molar refractivity (Wildman–Crippen MR) is 76.0 cm³/mol. The summed E-state index contributed by atoms with van der Waals surface area (Å²) in [5.41, 5.74) is 7.54. The molecule has 0 saturated heterocycles. The lowest BCUT2D eigenvalue weighted by molar-refractivity contribution is 0.416. The van der Waals surface area contributed by atoms with E-state index in [-0.39, 0.29) is 5.82 Å². The highest BCUT2D eigenvalue weighted by Gasteiger charge is 2.07. The number of benzene rings is 2. The third kappa shape index (κ3) is 3.37. The van der Waals surface area contributed by atoms with Crippen molar-refractivity contribution in [2.75, 3.05) is 24.7 Å². The Morgan fingerprint density at radius 1 is 1.21 bits per heavy atom. The molecule has 0 atom stereocenters. The molecule has 0 bridgehead atoms. The Balaban J connectivity index is 2.00. The Morgan fingerprint density at radius 3 is 2.63 bits per heavy atom. The van der Waals surface area contributed by atoms with Crippen molar-refractivity contribution in [2.45, 2.75) is 6.42 Å². The van der Waals surface area contributed by atoms with Crippen LogP contribution in [-0.4, -0.2) is 13.7 Å². The van der Waals surface area contributed by atoms with E-state index in [9.17, 15) is 4.39 Å². The molecule has 0 amide bonds. The fourth-order valence-corrected chi connectivity index (χ4v) is 1.87. The van der Waals surface area contributed by atoms with E-state index in [4.69, 9.17) is 10.5 Å². The summed E-state index contributed by atoms with van der Waals surface area (Å²) in [4.78, 5) is 0. The number of rotatable bonds is 5. The maximum absolute atomic E-state index is 13.7. The first-order chi connectivity index (χ1) is 9.20. The van der Waals surface area contributed by atoms with Gasteiger partial charge in [-0.05, 0) is 12.0 Å². The zero-order valence-electron chi connectivity index (χ0n) is 10.8. The summed E-state index contributed by atoms with van der Waals surface area (Å²) >= 11 is 0. The Kier molecular flexibility index (Phi) is 4.23. The summed E-state index contributed by atoms with van der Waals surface area (Å²) in [6, 6.07) is 12.9. The van der Waals surface area contributed by atoms with Gasteiger partial charge in [-0.15, -0.1) is 0 Å². The van der Waals surface area contributed by atoms with Crippen molar-refractivity contribution in [2.24, 2.45) is 0 Å². The number of nitrogens with one attached hydrogen (secondary N) is 1. The molecule has 3 nitrogen and oxygen atoms in total. The third-order valence-electron chi connectivity index (χ3n) is 2.89. The van der Waals surface area contributed by atoms with Crippen LogP contribution in [0.4, 0.5) is 15.8 Å². The largest absolute Gasteiger partial charge is 0.495 e. The molecular formula is C15H17FN2O. The first-order valence-electron chi connectivity index (χ1n) is 6.11. The normalized spacial score (nSPS) is 10.2. The second-order valence-electron chi connectivity index (χ2n) is 4.24. The number of ether oxygens (including phenoxy) is 1. The van der Waals surface area contributed by atoms with E-state index < -0.39 is 0 Å². The molecule has 3 N–H and O–H groups in total. The van der Waals surface area contributed by atoms with Gasteiger partial charge in [-0.2, -0.15) is 0 Å². The molecule has 0 aliphatic heterocycles.